The number of nitrogens with one attached hydrogen (secondary N) is 1. The van der Waals surface area contributed by atoms with Gasteiger partial charge in [0.2, 0.25) is 0 Å². The molecule has 2 aliphatic rings. The molecule has 1 unspecified atom stereocenters. The summed E-state index contributed by atoms with van der Waals surface area (Å²) in [6.45, 7) is 8.15. The molecule has 0 radical (unpaired) electrons. The fraction of sp³-hybridized carbons (Fsp3) is 0.647. The second-order valence-corrected chi connectivity index (χ2v) is 7.01. The zero-order valence-electron chi connectivity index (χ0n) is 11.9. The summed E-state index contributed by atoms with van der Waals surface area (Å²) in [5.74, 6) is 0.768. The highest BCUT2D eigenvalue weighted by Gasteiger charge is 2.32. The Balaban J connectivity index is 1.93. The topological polar surface area (TPSA) is 12.0 Å². The second kappa shape index (κ2) is 4.38. The van der Waals surface area contributed by atoms with E-state index in [0.29, 0.717) is 0 Å². The molecule has 0 aromatic heterocycles. The molecule has 98 valence electrons. The van der Waals surface area contributed by atoms with Crippen molar-refractivity contribution in [1.82, 2.24) is 5.32 Å². The zero-order chi connectivity index (χ0) is 12.8. The molecule has 1 aromatic rings. The largest absolute Gasteiger partial charge is 0.313 e. The predicted molar refractivity (Wildman–Crippen MR) is 77.2 cm³/mol. The van der Waals surface area contributed by atoms with Gasteiger partial charge in [0.1, 0.15) is 0 Å². The Hall–Kier alpha value is -0.820. The summed E-state index contributed by atoms with van der Waals surface area (Å²) in [6.07, 6.45) is 5.35. The quantitative estimate of drug-likeness (QED) is 0.792. The van der Waals surface area contributed by atoms with E-state index in [1.807, 2.05) is 0 Å². The molecule has 1 saturated heterocycles. The van der Waals surface area contributed by atoms with E-state index >= 15 is 0 Å². The molecule has 0 saturated carbocycles. The molecule has 0 spiro atoms. The highest BCUT2D eigenvalue weighted by molar-refractivity contribution is 5.41. The van der Waals surface area contributed by atoms with Gasteiger partial charge in [-0.2, -0.15) is 0 Å². The SMILES string of the molecule is CC(C)(C)c1ccc2c(c1)C([C@@H]1CCCN1)CC2. The Morgan fingerprint density at radius 2 is 2.00 bits per heavy atom. The van der Waals surface area contributed by atoms with E-state index in [1.165, 1.54) is 37.8 Å². The van der Waals surface area contributed by atoms with Gasteiger partial charge in [-0.1, -0.05) is 39.0 Å². The fourth-order valence-corrected chi connectivity index (χ4v) is 3.57. The third-order valence-electron chi connectivity index (χ3n) is 4.72. The van der Waals surface area contributed by atoms with Crippen LogP contribution in [0.1, 0.15) is 62.6 Å². The standard InChI is InChI=1S/C17H25N/c1-17(2,3)13-8-6-12-7-9-14(15(12)11-13)16-5-4-10-18-16/h6,8,11,14,16,18H,4-5,7,9-10H2,1-3H3/t14?,16-/m0/s1. The average Bonchev–Trinajstić information content (AvgIpc) is 2.95. The molecule has 2 atom stereocenters. The number of rotatable bonds is 1. The monoisotopic (exact) mass is 243 g/mol. The highest BCUT2D eigenvalue weighted by Crippen LogP contribution is 2.39. The van der Waals surface area contributed by atoms with Gasteiger partial charge in [0.05, 0.1) is 0 Å². The van der Waals surface area contributed by atoms with Crippen molar-refractivity contribution in [2.75, 3.05) is 6.54 Å². The molecule has 0 bridgehead atoms. The minimum absolute atomic E-state index is 0.269. The predicted octanol–water partition coefficient (Wildman–Crippen LogP) is 3.77. The molecular weight excluding hydrogens is 218 g/mol. The summed E-state index contributed by atoms with van der Waals surface area (Å²) in [5, 5.41) is 3.70. The van der Waals surface area contributed by atoms with Crippen molar-refractivity contribution < 1.29 is 0 Å². The van der Waals surface area contributed by atoms with Crippen molar-refractivity contribution in [1.29, 1.82) is 0 Å². The Bertz CT molecular complexity index is 435. The Morgan fingerprint density at radius 1 is 1.17 bits per heavy atom. The van der Waals surface area contributed by atoms with Crippen LogP contribution in [0.5, 0.6) is 0 Å². The molecule has 1 heterocycles. The maximum Gasteiger partial charge on any atom is 0.0136 e. The molecule has 1 N–H and O–H groups in total. The van der Waals surface area contributed by atoms with E-state index in [0.717, 1.165) is 12.0 Å². The normalized spacial score (nSPS) is 27.5. The zero-order valence-corrected chi connectivity index (χ0v) is 11.9. The summed E-state index contributed by atoms with van der Waals surface area (Å²) in [6, 6.07) is 7.95. The van der Waals surface area contributed by atoms with Crippen molar-refractivity contribution in [2.24, 2.45) is 0 Å². The minimum atomic E-state index is 0.269. The molecule has 18 heavy (non-hydrogen) atoms. The molecule has 1 nitrogen and oxygen atoms in total. The first-order valence-electron chi connectivity index (χ1n) is 7.42. The van der Waals surface area contributed by atoms with Gasteiger partial charge < -0.3 is 5.32 Å². The molecule has 0 amide bonds. The lowest BCUT2D eigenvalue weighted by Crippen LogP contribution is -2.27. The van der Waals surface area contributed by atoms with Crippen LogP contribution in [0.25, 0.3) is 0 Å². The number of hydrogen-bond donors (Lipinski definition) is 1. The summed E-state index contributed by atoms with van der Waals surface area (Å²) in [7, 11) is 0. The Morgan fingerprint density at radius 3 is 2.67 bits per heavy atom. The van der Waals surface area contributed by atoms with Crippen LogP contribution < -0.4 is 5.32 Å². The summed E-state index contributed by atoms with van der Waals surface area (Å²) in [5.41, 5.74) is 5.00. The first kappa shape index (κ1) is 12.2. The fourth-order valence-electron chi connectivity index (χ4n) is 3.57. The van der Waals surface area contributed by atoms with Gasteiger partial charge in [0.15, 0.2) is 0 Å². The lowest BCUT2D eigenvalue weighted by Gasteiger charge is -2.24. The van der Waals surface area contributed by atoms with Gasteiger partial charge in [0, 0.05) is 6.04 Å². The van der Waals surface area contributed by atoms with E-state index in [9.17, 15) is 0 Å². The molecule has 1 heteroatoms. The average molecular weight is 243 g/mol. The van der Waals surface area contributed by atoms with Crippen LogP contribution >= 0.6 is 0 Å². The van der Waals surface area contributed by atoms with Crippen LogP contribution in [0.4, 0.5) is 0 Å². The maximum absolute atomic E-state index is 3.70. The van der Waals surface area contributed by atoms with Crippen LogP contribution in [-0.4, -0.2) is 12.6 Å². The number of hydrogen-bond acceptors (Lipinski definition) is 1. The van der Waals surface area contributed by atoms with Crippen LogP contribution in [-0.2, 0) is 11.8 Å². The molecule has 3 rings (SSSR count). The molecule has 1 aromatic carbocycles. The van der Waals surface area contributed by atoms with Gasteiger partial charge >= 0.3 is 0 Å². The smallest absolute Gasteiger partial charge is 0.0136 e. The summed E-state index contributed by atoms with van der Waals surface area (Å²) >= 11 is 0. The van der Waals surface area contributed by atoms with Crippen LogP contribution in [0.3, 0.4) is 0 Å². The lowest BCUT2D eigenvalue weighted by atomic mass is 9.83. The van der Waals surface area contributed by atoms with Crippen LogP contribution in [0.2, 0.25) is 0 Å². The van der Waals surface area contributed by atoms with Crippen molar-refractivity contribution in [2.45, 2.75) is 63.8 Å². The first-order chi connectivity index (χ1) is 8.55. The highest BCUT2D eigenvalue weighted by atomic mass is 14.9. The van der Waals surface area contributed by atoms with E-state index < -0.39 is 0 Å². The van der Waals surface area contributed by atoms with E-state index in [-0.39, 0.29) is 5.41 Å². The van der Waals surface area contributed by atoms with Gasteiger partial charge in [0.25, 0.3) is 0 Å². The lowest BCUT2D eigenvalue weighted by molar-refractivity contribution is 0.484. The third kappa shape index (κ3) is 2.09. The molecule has 1 fully saturated rings. The minimum Gasteiger partial charge on any atom is -0.313 e. The summed E-state index contributed by atoms with van der Waals surface area (Å²) < 4.78 is 0. The van der Waals surface area contributed by atoms with Crippen molar-refractivity contribution in [3.8, 4) is 0 Å². The second-order valence-electron chi connectivity index (χ2n) is 7.01. The first-order valence-corrected chi connectivity index (χ1v) is 7.42. The number of benzene rings is 1. The molecule has 1 aliphatic heterocycles. The Kier molecular flexibility index (Phi) is 2.97. The molecular formula is C17H25N. The Labute approximate surface area is 111 Å². The van der Waals surface area contributed by atoms with Gasteiger partial charge in [-0.05, 0) is 60.3 Å². The van der Waals surface area contributed by atoms with E-state index in [2.05, 4.69) is 44.3 Å². The van der Waals surface area contributed by atoms with Crippen molar-refractivity contribution in [3.05, 3.63) is 34.9 Å². The van der Waals surface area contributed by atoms with E-state index in [1.54, 1.807) is 11.1 Å². The third-order valence-corrected chi connectivity index (χ3v) is 4.72. The van der Waals surface area contributed by atoms with Crippen LogP contribution in [0, 0.1) is 0 Å². The van der Waals surface area contributed by atoms with Crippen molar-refractivity contribution >= 4 is 0 Å². The van der Waals surface area contributed by atoms with Gasteiger partial charge in [-0.25, -0.2) is 0 Å². The number of fused-ring (bicyclic) bond motifs is 1. The molecule has 1 aliphatic carbocycles. The van der Waals surface area contributed by atoms with Gasteiger partial charge in [-0.15, -0.1) is 0 Å². The van der Waals surface area contributed by atoms with Gasteiger partial charge in [-0.3, -0.25) is 0 Å². The van der Waals surface area contributed by atoms with Crippen LogP contribution in [0.15, 0.2) is 18.2 Å². The van der Waals surface area contributed by atoms with E-state index in [4.69, 9.17) is 0 Å². The summed E-state index contributed by atoms with van der Waals surface area (Å²) in [4.78, 5) is 0. The van der Waals surface area contributed by atoms with Crippen molar-refractivity contribution in [3.63, 3.8) is 0 Å². The number of aryl methyl sites for hydroxylation is 1. The maximum atomic E-state index is 3.70.